The lowest BCUT2D eigenvalue weighted by Crippen LogP contribution is -2.44. The number of nitrogens with one attached hydrogen (secondary N) is 1. The number of pyridine rings is 1. The van der Waals surface area contributed by atoms with Crippen LogP contribution in [-0.4, -0.2) is 74.3 Å². The number of imidazole rings is 1. The molecule has 1 N–H and O–H groups in total. The lowest BCUT2D eigenvalue weighted by molar-refractivity contribution is 0.191. The normalized spacial score (nSPS) is 17.0. The molecular weight excluding hydrogens is 525 g/mol. The van der Waals surface area contributed by atoms with E-state index in [1.807, 2.05) is 34.9 Å². The second-order valence-electron chi connectivity index (χ2n) is 9.97. The van der Waals surface area contributed by atoms with Crippen molar-refractivity contribution in [1.82, 2.24) is 34.7 Å². The average Bonchev–Trinajstić information content (AvgIpc) is 3.54. The van der Waals surface area contributed by atoms with Gasteiger partial charge in [0.15, 0.2) is 11.2 Å². The van der Waals surface area contributed by atoms with Gasteiger partial charge in [0.05, 0.1) is 22.3 Å². The summed E-state index contributed by atoms with van der Waals surface area (Å²) in [5, 5.41) is 4.48. The zero-order valence-corrected chi connectivity index (χ0v) is 22.7. The van der Waals surface area contributed by atoms with E-state index >= 15 is 0 Å². The SMILES string of the molecule is CC1(Oc2ncnc3c2nc(-c2ccc(OCCN4CCNCC4)cc2Cl)n3Cc2ccc(Cl)cn2)CC1. The van der Waals surface area contributed by atoms with Crippen molar-refractivity contribution in [2.75, 3.05) is 39.3 Å². The first kappa shape index (κ1) is 25.3. The van der Waals surface area contributed by atoms with E-state index in [9.17, 15) is 0 Å². The number of hydrogen-bond donors (Lipinski definition) is 1. The molecule has 2 aliphatic rings. The molecule has 1 saturated heterocycles. The Labute approximate surface area is 231 Å². The topological polar surface area (TPSA) is 90.2 Å². The molecule has 198 valence electrons. The molecule has 0 spiro atoms. The van der Waals surface area contributed by atoms with Crippen molar-refractivity contribution in [3.05, 3.63) is 58.6 Å². The third-order valence-corrected chi connectivity index (χ3v) is 7.51. The summed E-state index contributed by atoms with van der Waals surface area (Å²) in [6.45, 7) is 8.10. The van der Waals surface area contributed by atoms with Crippen LogP contribution in [-0.2, 0) is 6.54 Å². The highest BCUT2D eigenvalue weighted by Gasteiger charge is 2.41. The maximum atomic E-state index is 6.82. The summed E-state index contributed by atoms with van der Waals surface area (Å²) in [7, 11) is 0. The van der Waals surface area contributed by atoms with Crippen molar-refractivity contribution in [3.8, 4) is 23.0 Å². The minimum absolute atomic E-state index is 0.204. The molecule has 9 nitrogen and oxygen atoms in total. The van der Waals surface area contributed by atoms with Crippen molar-refractivity contribution < 1.29 is 9.47 Å². The fraction of sp³-hybridized carbons (Fsp3) is 0.407. The molecule has 4 heterocycles. The first-order valence-corrected chi connectivity index (χ1v) is 13.6. The van der Waals surface area contributed by atoms with Crippen molar-refractivity contribution in [3.63, 3.8) is 0 Å². The van der Waals surface area contributed by atoms with Crippen LogP contribution >= 0.6 is 23.2 Å². The molecule has 6 rings (SSSR count). The number of nitrogens with zero attached hydrogens (tertiary/aromatic N) is 6. The highest BCUT2D eigenvalue weighted by molar-refractivity contribution is 6.33. The third kappa shape index (κ3) is 5.56. The van der Waals surface area contributed by atoms with Crippen molar-refractivity contribution >= 4 is 34.4 Å². The number of hydrogen-bond acceptors (Lipinski definition) is 8. The van der Waals surface area contributed by atoms with Gasteiger partial charge in [-0.3, -0.25) is 9.88 Å². The second-order valence-corrected chi connectivity index (χ2v) is 10.8. The molecule has 2 fully saturated rings. The van der Waals surface area contributed by atoms with Crippen LogP contribution in [0.5, 0.6) is 11.6 Å². The molecule has 4 aromatic rings. The van der Waals surface area contributed by atoms with Crippen LogP contribution < -0.4 is 14.8 Å². The molecule has 0 amide bonds. The quantitative estimate of drug-likeness (QED) is 0.325. The van der Waals surface area contributed by atoms with Crippen LogP contribution in [0.3, 0.4) is 0 Å². The Kier molecular flexibility index (Phi) is 7.09. The molecular formula is C27H29Cl2N7O2. The van der Waals surface area contributed by atoms with E-state index in [0.29, 0.717) is 46.1 Å². The molecule has 1 aliphatic carbocycles. The summed E-state index contributed by atoms with van der Waals surface area (Å²) in [6.07, 6.45) is 5.12. The maximum Gasteiger partial charge on any atom is 0.245 e. The highest BCUT2D eigenvalue weighted by atomic mass is 35.5. The number of ether oxygens (including phenoxy) is 2. The van der Waals surface area contributed by atoms with Gasteiger partial charge in [0.2, 0.25) is 5.88 Å². The summed E-state index contributed by atoms with van der Waals surface area (Å²) in [5.74, 6) is 1.85. The van der Waals surface area contributed by atoms with Crippen LogP contribution in [0.1, 0.15) is 25.5 Å². The summed E-state index contributed by atoms with van der Waals surface area (Å²) < 4.78 is 14.2. The van der Waals surface area contributed by atoms with Gasteiger partial charge in [-0.2, -0.15) is 4.98 Å². The van der Waals surface area contributed by atoms with Gasteiger partial charge in [-0.15, -0.1) is 0 Å². The minimum Gasteiger partial charge on any atom is -0.492 e. The minimum atomic E-state index is -0.204. The number of aromatic nitrogens is 5. The summed E-state index contributed by atoms with van der Waals surface area (Å²) in [6, 6.07) is 9.41. The average molecular weight is 554 g/mol. The lowest BCUT2D eigenvalue weighted by Gasteiger charge is -2.26. The molecule has 3 aromatic heterocycles. The molecule has 0 bridgehead atoms. The Bertz CT molecular complexity index is 1430. The predicted octanol–water partition coefficient (Wildman–Crippen LogP) is 4.46. The van der Waals surface area contributed by atoms with Crippen LogP contribution in [0.4, 0.5) is 0 Å². The van der Waals surface area contributed by atoms with E-state index in [1.165, 1.54) is 6.33 Å². The lowest BCUT2D eigenvalue weighted by atomic mass is 10.2. The molecule has 1 aromatic carbocycles. The molecule has 11 heteroatoms. The van der Waals surface area contributed by atoms with Crippen LogP contribution in [0.15, 0.2) is 42.9 Å². The van der Waals surface area contributed by atoms with Gasteiger partial charge in [-0.1, -0.05) is 23.2 Å². The monoisotopic (exact) mass is 553 g/mol. The zero-order chi connectivity index (χ0) is 26.1. The first-order chi connectivity index (χ1) is 18.5. The molecule has 38 heavy (non-hydrogen) atoms. The summed E-state index contributed by atoms with van der Waals surface area (Å²) in [4.78, 5) is 20.8. The van der Waals surface area contributed by atoms with Crippen LogP contribution in [0.2, 0.25) is 10.0 Å². The van der Waals surface area contributed by atoms with Crippen molar-refractivity contribution in [2.24, 2.45) is 0 Å². The first-order valence-electron chi connectivity index (χ1n) is 12.8. The highest BCUT2D eigenvalue weighted by Crippen LogP contribution is 2.41. The van der Waals surface area contributed by atoms with Crippen molar-refractivity contribution in [1.29, 1.82) is 0 Å². The Morgan fingerprint density at radius 1 is 1.05 bits per heavy atom. The van der Waals surface area contributed by atoms with Gasteiger partial charge >= 0.3 is 0 Å². The van der Waals surface area contributed by atoms with E-state index in [4.69, 9.17) is 37.7 Å². The molecule has 1 aliphatic heterocycles. The molecule has 0 unspecified atom stereocenters. The van der Waals surface area contributed by atoms with Gasteiger partial charge in [0, 0.05) is 44.5 Å². The smallest absolute Gasteiger partial charge is 0.245 e. The molecule has 0 atom stereocenters. The third-order valence-electron chi connectivity index (χ3n) is 6.97. The Hall–Kier alpha value is -2.98. The Morgan fingerprint density at radius 3 is 2.63 bits per heavy atom. The predicted molar refractivity (Wildman–Crippen MR) is 147 cm³/mol. The van der Waals surface area contributed by atoms with E-state index in [1.54, 1.807) is 6.20 Å². The standard InChI is InChI=1S/C27H29Cl2N7O2/c1-27(6-7-27)38-26-23-25(32-17-33-26)36(16-19-3-2-18(28)15-31-19)24(34-23)21-5-4-20(14-22(21)29)37-13-12-35-10-8-30-9-11-35/h2-5,14-15,17,30H,6-13,16H2,1H3. The fourth-order valence-electron chi connectivity index (χ4n) is 4.51. The van der Waals surface area contributed by atoms with E-state index in [2.05, 4.69) is 32.1 Å². The summed E-state index contributed by atoms with van der Waals surface area (Å²) in [5.41, 5.74) is 2.62. The second kappa shape index (κ2) is 10.6. The number of benzene rings is 1. The number of piperazine rings is 1. The van der Waals surface area contributed by atoms with E-state index in [0.717, 1.165) is 62.6 Å². The Balaban J connectivity index is 1.31. The van der Waals surface area contributed by atoms with Crippen LogP contribution in [0, 0.1) is 0 Å². The van der Waals surface area contributed by atoms with Gasteiger partial charge < -0.3 is 19.4 Å². The number of fused-ring (bicyclic) bond motifs is 1. The van der Waals surface area contributed by atoms with Crippen LogP contribution in [0.25, 0.3) is 22.6 Å². The van der Waals surface area contributed by atoms with Gasteiger partial charge in [-0.05, 0) is 50.1 Å². The van der Waals surface area contributed by atoms with Gasteiger partial charge in [-0.25, -0.2) is 9.97 Å². The number of rotatable bonds is 9. The zero-order valence-electron chi connectivity index (χ0n) is 21.2. The largest absolute Gasteiger partial charge is 0.492 e. The molecule has 1 saturated carbocycles. The summed E-state index contributed by atoms with van der Waals surface area (Å²) >= 11 is 12.9. The van der Waals surface area contributed by atoms with E-state index < -0.39 is 0 Å². The number of halogens is 2. The fourth-order valence-corrected chi connectivity index (χ4v) is 4.88. The van der Waals surface area contributed by atoms with E-state index in [-0.39, 0.29) is 5.60 Å². The van der Waals surface area contributed by atoms with Crippen molar-refractivity contribution in [2.45, 2.75) is 31.9 Å². The Morgan fingerprint density at radius 2 is 1.89 bits per heavy atom. The van der Waals surface area contributed by atoms with Gasteiger partial charge in [0.25, 0.3) is 0 Å². The maximum absolute atomic E-state index is 6.82. The molecule has 0 radical (unpaired) electrons. The van der Waals surface area contributed by atoms with Gasteiger partial charge in [0.1, 0.15) is 30.1 Å².